The maximum Gasteiger partial charge on any atom is 0.330 e. The number of aliphatic hydroxyl groups excluding tert-OH is 6. The number of rotatable bonds is 29. The number of amides is 8. The number of fused-ring (bicyclic) bond motifs is 15. The van der Waals surface area contributed by atoms with Crippen LogP contribution in [0.1, 0.15) is 169 Å². The van der Waals surface area contributed by atoms with E-state index in [-0.39, 0.29) is 54.3 Å². The van der Waals surface area contributed by atoms with E-state index >= 15 is 19.2 Å². The van der Waals surface area contributed by atoms with Crippen LogP contribution in [0.15, 0.2) is 103 Å². The normalized spacial score (nSPS) is 26.2. The van der Waals surface area contributed by atoms with Gasteiger partial charge in [0.15, 0.2) is 29.9 Å². The van der Waals surface area contributed by atoms with Gasteiger partial charge in [0.2, 0.25) is 59.3 Å². The minimum Gasteiger partial charge on any atom is -0.508 e. The molecule has 125 heavy (non-hydrogen) atoms. The van der Waals surface area contributed by atoms with Gasteiger partial charge in [-0.25, -0.2) is 4.79 Å². The zero-order valence-electron chi connectivity index (χ0n) is 69.3. The molecule has 676 valence electrons. The lowest BCUT2D eigenvalue weighted by Gasteiger charge is -2.48. The number of unbranched alkanes of at least 4 members (excludes halogenated alkanes) is 5. The Morgan fingerprint density at radius 3 is 1.93 bits per heavy atom. The van der Waals surface area contributed by atoms with E-state index in [9.17, 15) is 75.0 Å². The van der Waals surface area contributed by atoms with Crippen LogP contribution in [0.25, 0.3) is 11.1 Å². The van der Waals surface area contributed by atoms with Crippen LogP contribution in [0.5, 0.6) is 51.7 Å². The van der Waals surface area contributed by atoms with Crippen LogP contribution in [0.3, 0.4) is 0 Å². The lowest BCUT2D eigenvalue weighted by Crippen LogP contribution is -2.67. The Kier molecular flexibility index (Phi) is 31.9. The lowest BCUT2D eigenvalue weighted by atomic mass is 9.84. The number of likely N-dealkylation sites (N-methyl/N-ethyl adjacent to an activating group) is 1. The van der Waals surface area contributed by atoms with Crippen molar-refractivity contribution >= 4 is 76.4 Å². The number of phenolic OH excluding ortho intramolecular Hbond substituents is 3. The Morgan fingerprint density at radius 1 is 0.672 bits per heavy atom. The fourth-order valence-electron chi connectivity index (χ4n) is 15.6. The van der Waals surface area contributed by atoms with Crippen molar-refractivity contribution in [3.8, 4) is 62.9 Å². The number of aromatic hydroxyl groups is 3. The minimum absolute atomic E-state index is 0.119. The molecule has 0 saturated carbocycles. The summed E-state index contributed by atoms with van der Waals surface area (Å²) < 4.78 is 45.5. The molecule has 6 aromatic rings. The maximum absolute atomic E-state index is 16.3. The van der Waals surface area contributed by atoms with Gasteiger partial charge in [-0.2, -0.15) is 0 Å². The van der Waals surface area contributed by atoms with E-state index in [1.807, 2.05) is 38.1 Å². The molecule has 0 spiro atoms. The molecule has 0 unspecified atom stereocenters. The number of ether oxygens (including phenoxy) is 7. The Bertz CT molecular complexity index is 4920. The Balaban J connectivity index is 1.05. The quantitative estimate of drug-likeness (QED) is 0.0296. The van der Waals surface area contributed by atoms with Gasteiger partial charge in [-0.05, 0) is 154 Å². The summed E-state index contributed by atoms with van der Waals surface area (Å²) in [7, 11) is 1.47. The van der Waals surface area contributed by atoms with Crippen molar-refractivity contribution < 1.29 is 127 Å². The van der Waals surface area contributed by atoms with Crippen LogP contribution in [-0.2, 0) is 63.9 Å². The summed E-state index contributed by atoms with van der Waals surface area (Å²) in [6, 6.07) is 5.59. The van der Waals surface area contributed by atoms with Gasteiger partial charge in [-0.1, -0.05) is 106 Å². The van der Waals surface area contributed by atoms with Gasteiger partial charge in [-0.15, -0.1) is 0 Å². The third kappa shape index (κ3) is 22.7. The Labute approximate surface area is 728 Å². The number of hydrogen-bond donors (Lipinski definition) is 21. The molecule has 7 heterocycles. The highest BCUT2D eigenvalue weighted by molar-refractivity contribution is 6.32. The first kappa shape index (κ1) is 94.9. The number of carboxylic acid groups (broad SMARTS) is 1. The first-order valence-electron chi connectivity index (χ1n) is 41.2. The fraction of sp³-hybridized carbons (Fsp3) is 0.477. The number of benzene rings is 6. The van der Waals surface area contributed by atoms with E-state index in [4.69, 9.17) is 67.8 Å². The van der Waals surface area contributed by atoms with E-state index in [2.05, 4.69) is 54.8 Å². The van der Waals surface area contributed by atoms with Crippen LogP contribution in [0, 0.1) is 5.92 Å². The first-order chi connectivity index (χ1) is 59.5. The molecule has 0 aliphatic carbocycles. The molecule has 0 aromatic heterocycles. The Morgan fingerprint density at radius 2 is 1.30 bits per heavy atom. The number of aliphatic carboxylic acids is 1. The molecular formula is C86H107Cl2N11O26. The average molecular weight is 1780 g/mol. The fourth-order valence-corrected chi connectivity index (χ4v) is 16.1. The van der Waals surface area contributed by atoms with Gasteiger partial charge in [-0.3, -0.25) is 38.4 Å². The number of aliphatic hydroxyl groups is 6. The van der Waals surface area contributed by atoms with Crippen molar-refractivity contribution in [1.82, 2.24) is 47.9 Å². The summed E-state index contributed by atoms with van der Waals surface area (Å²) in [5.74, 6) is -16.2. The molecule has 11 bridgehead atoms. The smallest absolute Gasteiger partial charge is 0.330 e. The molecule has 39 heteroatoms. The van der Waals surface area contributed by atoms with Crippen LogP contribution >= 0.6 is 23.2 Å². The van der Waals surface area contributed by atoms with Gasteiger partial charge in [0, 0.05) is 35.7 Å². The molecule has 2 fully saturated rings. The number of carbonyl (C=O) groups is 9. The highest BCUT2D eigenvalue weighted by atomic mass is 35.5. The second kappa shape index (κ2) is 42.0. The molecule has 8 amide bonds. The number of primary amides is 1. The largest absolute Gasteiger partial charge is 0.508 e. The van der Waals surface area contributed by atoms with Gasteiger partial charge in [0.05, 0.1) is 53.4 Å². The molecule has 7 aliphatic rings. The van der Waals surface area contributed by atoms with Crippen molar-refractivity contribution in [3.05, 3.63) is 147 Å². The van der Waals surface area contributed by atoms with E-state index < -0.39 is 261 Å². The standard InChI is InChI=1S/C86H107Cl2N11O26/c1-7-8-9-10-11-12-26-119-47-20-15-41(16-21-47)37-92-52(14-13-25-89)79(112)99-86(5)36-63(120-40(4)76(86)109)124-75-73(108)72(107)61(38-100)123-85(75)125-74-59-31-45-32-60(74)122-58-24-19-44(30-51(58)88)71(106)69-83(116)96-67(84(117)118)49-33-46(101)34-56(103)64(49)48-28-42(17-22-55(48)102)65(80(113)98-69)95-81(114)66(45)94-78(111)54(35-62(90)104)93-82(115)68(97-77(110)53(91-6)27-39(2)3)70(105)43-18-23-57(121-59)50(87)29-43/h15-24,28-34,39-40,52-54,61,63,65-73,75-76,85,91-92,100-103,105-109H,7-14,25-27,35-38,89H2,1-6H3,(H2,90,104)(H,93,115)(H,94,111)(H,95,114)(H,96,116)(H,97,110)(H,98,113)(H,99,112)(H,117,118)/t40-,52-,53+,54-,61+,63-,65+,66+,67-,68+,69-,70+,71+,72+,73-,75+,76+,85-,86-/m0/s1. The predicted molar refractivity (Wildman–Crippen MR) is 447 cm³/mol. The van der Waals surface area contributed by atoms with Crippen LogP contribution in [-0.4, -0.2) is 216 Å². The van der Waals surface area contributed by atoms with E-state index in [0.29, 0.717) is 18.8 Å². The second-order valence-electron chi connectivity index (χ2n) is 32.2. The molecule has 6 aromatic carbocycles. The molecule has 23 N–H and O–H groups in total. The number of nitrogens with two attached hydrogens (primary N) is 2. The number of hydrogen-bond acceptors (Lipinski definition) is 28. The zero-order chi connectivity index (χ0) is 90.6. The average Bonchev–Trinajstić information content (AvgIpc) is 0.769. The summed E-state index contributed by atoms with van der Waals surface area (Å²) >= 11 is 14.3. The Hall–Kier alpha value is -10.8. The van der Waals surface area contributed by atoms with Crippen molar-refractivity contribution in [2.75, 3.05) is 26.8 Å². The summed E-state index contributed by atoms with van der Waals surface area (Å²) in [6.07, 6.45) is -12.6. The van der Waals surface area contributed by atoms with Gasteiger partial charge in [0.25, 0.3) is 0 Å². The zero-order valence-corrected chi connectivity index (χ0v) is 70.8. The lowest BCUT2D eigenvalue weighted by molar-refractivity contribution is -0.334. The number of carbonyl (C=O) groups excluding carboxylic acids is 8. The van der Waals surface area contributed by atoms with E-state index in [1.165, 1.54) is 45.9 Å². The van der Waals surface area contributed by atoms with Crippen molar-refractivity contribution in [2.24, 2.45) is 17.4 Å². The third-order valence-corrected chi connectivity index (χ3v) is 23.0. The number of carboxylic acids is 1. The highest BCUT2D eigenvalue weighted by Gasteiger charge is 2.53. The first-order valence-corrected chi connectivity index (χ1v) is 41.9. The van der Waals surface area contributed by atoms with E-state index in [0.717, 1.165) is 98.0 Å². The summed E-state index contributed by atoms with van der Waals surface area (Å²) in [6.45, 7) is 8.81. The van der Waals surface area contributed by atoms with Crippen LogP contribution in [0.2, 0.25) is 10.0 Å². The maximum atomic E-state index is 16.3. The molecule has 0 radical (unpaired) electrons. The minimum atomic E-state index is -2.39. The monoisotopic (exact) mass is 1780 g/mol. The van der Waals surface area contributed by atoms with Crippen molar-refractivity contribution in [2.45, 2.75) is 227 Å². The third-order valence-electron chi connectivity index (χ3n) is 22.4. The van der Waals surface area contributed by atoms with Crippen molar-refractivity contribution in [1.29, 1.82) is 0 Å². The van der Waals surface area contributed by atoms with Gasteiger partial charge in [0.1, 0.15) is 101 Å². The topological polar surface area (TPSA) is 581 Å². The summed E-state index contributed by atoms with van der Waals surface area (Å²) in [5, 5.41) is 140. The highest BCUT2D eigenvalue weighted by Crippen LogP contribution is 2.50. The number of phenols is 3. The van der Waals surface area contributed by atoms with Crippen LogP contribution in [0.4, 0.5) is 0 Å². The summed E-state index contributed by atoms with van der Waals surface area (Å²) in [4.78, 5) is 133. The molecule has 19 atom stereocenters. The number of nitrogens with one attached hydrogen (secondary N) is 9. The second-order valence-corrected chi connectivity index (χ2v) is 33.1. The van der Waals surface area contributed by atoms with E-state index in [1.54, 1.807) is 0 Å². The molecule has 2 saturated heterocycles. The molecule has 37 nitrogen and oxygen atoms in total. The molecular weight excluding hydrogens is 1670 g/mol. The van der Waals surface area contributed by atoms with Crippen molar-refractivity contribution in [3.63, 3.8) is 0 Å². The van der Waals surface area contributed by atoms with Gasteiger partial charge < -0.3 is 144 Å². The number of halogens is 2. The van der Waals surface area contributed by atoms with Gasteiger partial charge >= 0.3 is 5.97 Å². The molecule has 13 rings (SSSR count). The van der Waals surface area contributed by atoms with Crippen LogP contribution < -0.4 is 78.3 Å². The SMILES string of the molecule is CCCCCCCCOc1ccc(CN[C@@H](CCCN)C(=O)N[C@@]2(C)C[C@H](O[C@H]3[C@H](Oc4c5cc6cc4Oc4ccc(cc4Cl)[C@@H](O)[C@@H](NC(=O)[C@@H](CC(C)C)NC)C(=O)N[C@@H](CC(N)=O)C(=O)N[C@H]6C(=O)N[C@H]4C(=O)N[C@H](C(=O)N[C@H](C(=O)O)c6cc(O)cc(O)c6-c6cc4ccc6O)[C@H](O)c4ccc(c(Cl)c4)O5)O[C@H](CO)[C@@H](O)[C@@H]3O)O[C@@H](C)[C@H]2O)cc1. The predicted octanol–water partition coefficient (Wildman–Crippen LogP) is 3.90. The molecule has 7 aliphatic heterocycles. The summed E-state index contributed by atoms with van der Waals surface area (Å²) in [5.41, 5.74) is 8.02.